The number of fused-ring (bicyclic) bond motifs is 1. The molecule has 0 saturated carbocycles. The number of hydrogen-bond donors (Lipinski definition) is 1. The van der Waals surface area contributed by atoms with E-state index in [-0.39, 0.29) is 5.56 Å². The van der Waals surface area contributed by atoms with Crippen LogP contribution in [0.5, 0.6) is 5.75 Å². The molecule has 8 nitrogen and oxygen atoms in total. The smallest absolute Gasteiger partial charge is 0.311 e. The first kappa shape index (κ1) is 18.5. The molecule has 0 atom stereocenters. The number of nitro benzene ring substituents is 1. The lowest BCUT2D eigenvalue weighted by Gasteiger charge is -2.03. The van der Waals surface area contributed by atoms with Crippen molar-refractivity contribution in [1.29, 1.82) is 0 Å². The fourth-order valence-electron chi connectivity index (χ4n) is 3.02. The summed E-state index contributed by atoms with van der Waals surface area (Å²) in [5.41, 5.74) is 1.35. The third-order valence-corrected chi connectivity index (χ3v) is 5.38. The molecule has 9 heteroatoms. The number of phenols is 1. The summed E-state index contributed by atoms with van der Waals surface area (Å²) in [5.74, 6) is -0.436. The number of phenolic OH excluding ortho intramolecular Hbond substituents is 1. The summed E-state index contributed by atoms with van der Waals surface area (Å²) in [6.07, 6.45) is 2.63. The van der Waals surface area contributed by atoms with E-state index < -0.39 is 16.4 Å². The highest BCUT2D eigenvalue weighted by Gasteiger charge is 2.17. The van der Waals surface area contributed by atoms with Gasteiger partial charge in [0.05, 0.1) is 16.5 Å². The molecule has 2 aromatic carbocycles. The fourth-order valence-corrected chi connectivity index (χ4v) is 4.03. The summed E-state index contributed by atoms with van der Waals surface area (Å²) in [6, 6.07) is 13.4. The van der Waals surface area contributed by atoms with Gasteiger partial charge in [-0.05, 0) is 24.6 Å². The minimum atomic E-state index is -0.688. The van der Waals surface area contributed by atoms with Gasteiger partial charge in [0.1, 0.15) is 11.2 Å². The molecule has 0 aliphatic carbocycles. The molecular formula is C20H14N4O4S. The normalized spacial score (nSPS) is 11.3. The van der Waals surface area contributed by atoms with Crippen molar-refractivity contribution in [3.63, 3.8) is 0 Å². The summed E-state index contributed by atoms with van der Waals surface area (Å²) in [5, 5.41) is 25.1. The zero-order valence-electron chi connectivity index (χ0n) is 15.1. The average molecular weight is 406 g/mol. The van der Waals surface area contributed by atoms with E-state index in [0.29, 0.717) is 15.8 Å². The van der Waals surface area contributed by atoms with E-state index in [1.54, 1.807) is 0 Å². The van der Waals surface area contributed by atoms with Gasteiger partial charge in [-0.15, -0.1) is 11.3 Å². The zero-order valence-corrected chi connectivity index (χ0v) is 16.0. The minimum absolute atomic E-state index is 0.331. The molecule has 2 heterocycles. The second kappa shape index (κ2) is 7.28. The van der Waals surface area contributed by atoms with Gasteiger partial charge in [-0.1, -0.05) is 30.3 Å². The molecule has 29 heavy (non-hydrogen) atoms. The number of aryl methyl sites for hydroxylation is 1. The van der Waals surface area contributed by atoms with Crippen molar-refractivity contribution in [3.05, 3.63) is 85.8 Å². The molecule has 144 valence electrons. The van der Waals surface area contributed by atoms with Gasteiger partial charge in [-0.2, -0.15) is 9.78 Å². The van der Waals surface area contributed by atoms with Crippen LogP contribution in [0.4, 0.5) is 5.69 Å². The SMILES string of the molecule is Cc1sc2ncn(/N=C/c3ccc(O)c([N+](=O)[O-])c3)c(=O)c2c1-c1ccccc1. The molecular weight excluding hydrogens is 392 g/mol. The Labute approximate surface area is 168 Å². The van der Waals surface area contributed by atoms with E-state index in [1.807, 2.05) is 37.3 Å². The average Bonchev–Trinajstić information content (AvgIpc) is 3.05. The predicted molar refractivity (Wildman–Crippen MR) is 112 cm³/mol. The maximum atomic E-state index is 13.1. The van der Waals surface area contributed by atoms with Crippen LogP contribution in [0, 0.1) is 17.0 Å². The topological polar surface area (TPSA) is 111 Å². The van der Waals surface area contributed by atoms with Crippen LogP contribution in [-0.4, -0.2) is 25.9 Å². The van der Waals surface area contributed by atoms with E-state index in [1.165, 1.54) is 42.1 Å². The van der Waals surface area contributed by atoms with Crippen molar-refractivity contribution >= 4 is 33.5 Å². The Morgan fingerprint density at radius 2 is 2.00 bits per heavy atom. The molecule has 0 aliphatic heterocycles. The van der Waals surface area contributed by atoms with Gasteiger partial charge in [-0.3, -0.25) is 14.9 Å². The minimum Gasteiger partial charge on any atom is -0.502 e. The summed E-state index contributed by atoms with van der Waals surface area (Å²) < 4.78 is 1.10. The number of aromatic hydroxyl groups is 1. The molecule has 0 spiro atoms. The van der Waals surface area contributed by atoms with Crippen molar-refractivity contribution in [1.82, 2.24) is 9.66 Å². The molecule has 0 unspecified atom stereocenters. The molecule has 0 aliphatic rings. The van der Waals surface area contributed by atoms with Crippen molar-refractivity contribution in [2.45, 2.75) is 6.92 Å². The number of thiophene rings is 1. The monoisotopic (exact) mass is 406 g/mol. The van der Waals surface area contributed by atoms with Gasteiger partial charge in [0.25, 0.3) is 5.56 Å². The first-order chi connectivity index (χ1) is 14.0. The van der Waals surface area contributed by atoms with Gasteiger partial charge < -0.3 is 5.11 Å². The third kappa shape index (κ3) is 3.39. The van der Waals surface area contributed by atoms with Gasteiger partial charge in [-0.25, -0.2) is 4.98 Å². The third-order valence-electron chi connectivity index (χ3n) is 4.36. The van der Waals surface area contributed by atoms with Gasteiger partial charge in [0.2, 0.25) is 0 Å². The number of aromatic nitrogens is 2. The summed E-state index contributed by atoms with van der Waals surface area (Å²) >= 11 is 1.44. The van der Waals surface area contributed by atoms with Crippen molar-refractivity contribution in [3.8, 4) is 16.9 Å². The number of hydrogen-bond acceptors (Lipinski definition) is 7. The highest BCUT2D eigenvalue weighted by Crippen LogP contribution is 2.35. The Morgan fingerprint density at radius 1 is 1.24 bits per heavy atom. The largest absolute Gasteiger partial charge is 0.502 e. The van der Waals surface area contributed by atoms with E-state index in [4.69, 9.17) is 0 Å². The molecule has 2 aromatic heterocycles. The van der Waals surface area contributed by atoms with Crippen LogP contribution in [0.25, 0.3) is 21.3 Å². The number of rotatable bonds is 4. The number of nitrogens with zero attached hydrogens (tertiary/aromatic N) is 4. The zero-order chi connectivity index (χ0) is 20.5. The first-order valence-corrected chi connectivity index (χ1v) is 9.35. The molecule has 0 saturated heterocycles. The second-order valence-electron chi connectivity index (χ2n) is 6.22. The Hall–Kier alpha value is -3.85. The van der Waals surface area contributed by atoms with E-state index in [0.717, 1.165) is 20.7 Å². The fraction of sp³-hybridized carbons (Fsp3) is 0.0500. The van der Waals surface area contributed by atoms with E-state index >= 15 is 0 Å². The lowest BCUT2D eigenvalue weighted by atomic mass is 10.0. The van der Waals surface area contributed by atoms with Crippen LogP contribution in [0.1, 0.15) is 10.4 Å². The molecule has 0 bridgehead atoms. The molecule has 0 fully saturated rings. The van der Waals surface area contributed by atoms with Gasteiger partial charge in [0.15, 0.2) is 5.75 Å². The Morgan fingerprint density at radius 3 is 2.72 bits per heavy atom. The Kier molecular flexibility index (Phi) is 4.65. The maximum Gasteiger partial charge on any atom is 0.311 e. The lowest BCUT2D eigenvalue weighted by Crippen LogP contribution is -2.16. The summed E-state index contributed by atoms with van der Waals surface area (Å²) in [4.78, 5) is 29.3. The summed E-state index contributed by atoms with van der Waals surface area (Å²) in [7, 11) is 0. The second-order valence-corrected chi connectivity index (χ2v) is 7.43. The van der Waals surface area contributed by atoms with Crippen LogP contribution in [0.15, 0.2) is 64.8 Å². The summed E-state index contributed by atoms with van der Waals surface area (Å²) in [6.45, 7) is 1.94. The van der Waals surface area contributed by atoms with Crippen LogP contribution in [-0.2, 0) is 0 Å². The van der Waals surface area contributed by atoms with Crippen molar-refractivity contribution in [2.75, 3.05) is 0 Å². The predicted octanol–water partition coefficient (Wildman–Crippen LogP) is 3.93. The quantitative estimate of drug-likeness (QED) is 0.314. The maximum absolute atomic E-state index is 13.1. The number of benzene rings is 2. The molecule has 4 aromatic rings. The highest BCUT2D eigenvalue weighted by atomic mass is 32.1. The molecule has 0 radical (unpaired) electrons. The Bertz CT molecular complexity index is 1330. The van der Waals surface area contributed by atoms with Gasteiger partial charge in [0, 0.05) is 22.1 Å². The first-order valence-electron chi connectivity index (χ1n) is 8.53. The van der Waals surface area contributed by atoms with Crippen LogP contribution in [0.2, 0.25) is 0 Å². The molecule has 1 N–H and O–H groups in total. The van der Waals surface area contributed by atoms with Crippen LogP contribution in [0.3, 0.4) is 0 Å². The van der Waals surface area contributed by atoms with E-state index in [2.05, 4.69) is 10.1 Å². The van der Waals surface area contributed by atoms with Crippen molar-refractivity contribution < 1.29 is 10.0 Å². The van der Waals surface area contributed by atoms with Crippen LogP contribution < -0.4 is 5.56 Å². The standard InChI is InChI=1S/C20H14N4O4S/c1-12-17(14-5-3-2-4-6-14)18-19(29-12)21-11-23(20(18)26)22-10-13-7-8-16(25)15(9-13)24(27)28/h2-11,25H,1H3/b22-10+. The lowest BCUT2D eigenvalue weighted by molar-refractivity contribution is -0.385. The Balaban J connectivity index is 1.81. The molecule has 4 rings (SSSR count). The van der Waals surface area contributed by atoms with Gasteiger partial charge >= 0.3 is 5.69 Å². The van der Waals surface area contributed by atoms with Crippen LogP contribution >= 0.6 is 11.3 Å². The number of nitro groups is 1. The van der Waals surface area contributed by atoms with E-state index in [9.17, 15) is 20.0 Å². The highest BCUT2D eigenvalue weighted by molar-refractivity contribution is 7.19. The molecule has 0 amide bonds. The van der Waals surface area contributed by atoms with Crippen molar-refractivity contribution in [2.24, 2.45) is 5.10 Å².